The van der Waals surface area contributed by atoms with Crippen LogP contribution in [0.1, 0.15) is 23.0 Å². The highest BCUT2D eigenvalue weighted by Gasteiger charge is 2.12. The Balaban J connectivity index is 2.12. The molecule has 6 heteroatoms. The maximum Gasteiger partial charge on any atom is 0.338 e. The van der Waals surface area contributed by atoms with Crippen molar-refractivity contribution in [3.63, 3.8) is 0 Å². The van der Waals surface area contributed by atoms with Crippen LogP contribution in [0, 0.1) is 6.92 Å². The molecule has 2 N–H and O–H groups in total. The third-order valence-electron chi connectivity index (χ3n) is 3.33. The van der Waals surface area contributed by atoms with Gasteiger partial charge in [0.15, 0.2) is 0 Å². The summed E-state index contributed by atoms with van der Waals surface area (Å²) in [5, 5.41) is 5.14. The largest absolute Gasteiger partial charge is 0.462 e. The van der Waals surface area contributed by atoms with Crippen molar-refractivity contribution in [3.8, 4) is 5.69 Å². The Kier molecular flexibility index (Phi) is 3.50. The van der Waals surface area contributed by atoms with Crippen LogP contribution in [-0.4, -0.2) is 27.3 Å². The predicted octanol–water partition coefficient (Wildman–Crippen LogP) is 2.49. The molecule has 0 radical (unpaired) electrons. The Morgan fingerprint density at radius 1 is 1.36 bits per heavy atom. The van der Waals surface area contributed by atoms with Crippen molar-refractivity contribution < 1.29 is 9.53 Å². The van der Waals surface area contributed by atoms with Gasteiger partial charge >= 0.3 is 5.97 Å². The van der Waals surface area contributed by atoms with Gasteiger partial charge in [-0.3, -0.25) is 0 Å². The fourth-order valence-corrected chi connectivity index (χ4v) is 2.36. The van der Waals surface area contributed by atoms with Gasteiger partial charge in [-0.2, -0.15) is 5.10 Å². The van der Waals surface area contributed by atoms with Crippen LogP contribution in [0.15, 0.2) is 36.5 Å². The summed E-state index contributed by atoms with van der Waals surface area (Å²) in [5.74, 6) is 0.0981. The third kappa shape index (κ3) is 2.39. The quantitative estimate of drug-likeness (QED) is 0.751. The van der Waals surface area contributed by atoms with Crippen molar-refractivity contribution in [1.29, 1.82) is 0 Å². The Hall–Kier alpha value is -2.89. The van der Waals surface area contributed by atoms with Crippen LogP contribution in [0.25, 0.3) is 16.6 Å². The molecule has 0 unspecified atom stereocenters. The lowest BCUT2D eigenvalue weighted by Gasteiger charge is -2.07. The average Bonchev–Trinajstić information content (AvgIpc) is 2.91. The first-order chi connectivity index (χ1) is 10.6. The molecule has 0 aliphatic carbocycles. The first-order valence-corrected chi connectivity index (χ1v) is 6.98. The van der Waals surface area contributed by atoms with E-state index in [-0.39, 0.29) is 5.97 Å². The predicted molar refractivity (Wildman–Crippen MR) is 84.0 cm³/mol. The van der Waals surface area contributed by atoms with E-state index in [1.54, 1.807) is 36.0 Å². The summed E-state index contributed by atoms with van der Waals surface area (Å²) in [6.45, 7) is 4.00. The number of fused-ring (bicyclic) bond motifs is 1. The van der Waals surface area contributed by atoms with E-state index < -0.39 is 0 Å². The number of nitrogen functional groups attached to an aromatic ring is 1. The summed E-state index contributed by atoms with van der Waals surface area (Å²) in [5.41, 5.74) is 8.85. The van der Waals surface area contributed by atoms with Gasteiger partial charge in [0, 0.05) is 5.69 Å². The summed E-state index contributed by atoms with van der Waals surface area (Å²) in [7, 11) is 0. The van der Waals surface area contributed by atoms with Crippen LogP contribution in [0.2, 0.25) is 0 Å². The number of hydrogen-bond donors (Lipinski definition) is 1. The molecule has 2 aromatic heterocycles. The van der Waals surface area contributed by atoms with Crippen molar-refractivity contribution >= 4 is 22.7 Å². The van der Waals surface area contributed by atoms with Crippen LogP contribution < -0.4 is 5.73 Å². The highest BCUT2D eigenvalue weighted by molar-refractivity contribution is 5.91. The van der Waals surface area contributed by atoms with E-state index in [0.29, 0.717) is 18.0 Å². The molecule has 0 fully saturated rings. The fraction of sp³-hybridized carbons (Fsp3) is 0.188. The van der Waals surface area contributed by atoms with Gasteiger partial charge in [0.1, 0.15) is 5.82 Å². The molecule has 112 valence electrons. The highest BCUT2D eigenvalue weighted by atomic mass is 16.5. The number of anilines is 1. The van der Waals surface area contributed by atoms with Gasteiger partial charge in [-0.1, -0.05) is 6.07 Å². The Bertz CT molecular complexity index is 854. The van der Waals surface area contributed by atoms with E-state index in [9.17, 15) is 4.79 Å². The summed E-state index contributed by atoms with van der Waals surface area (Å²) in [6, 6.07) is 9.05. The minimum absolute atomic E-state index is 0.342. The molecular formula is C16H16N4O2. The van der Waals surface area contributed by atoms with Crippen molar-refractivity contribution in [2.75, 3.05) is 12.3 Å². The summed E-state index contributed by atoms with van der Waals surface area (Å²) in [4.78, 5) is 16.1. The lowest BCUT2D eigenvalue weighted by Crippen LogP contribution is -2.06. The van der Waals surface area contributed by atoms with Gasteiger partial charge in [0.05, 0.1) is 35.0 Å². The number of aromatic nitrogens is 3. The van der Waals surface area contributed by atoms with Gasteiger partial charge in [0.25, 0.3) is 0 Å². The first kappa shape index (κ1) is 14.1. The first-order valence-electron chi connectivity index (χ1n) is 6.98. The van der Waals surface area contributed by atoms with Crippen LogP contribution in [0.3, 0.4) is 0 Å². The minimum Gasteiger partial charge on any atom is -0.462 e. The second-order valence-electron chi connectivity index (χ2n) is 4.91. The molecule has 0 saturated carbocycles. The molecule has 22 heavy (non-hydrogen) atoms. The lowest BCUT2D eigenvalue weighted by molar-refractivity contribution is 0.0526. The number of benzene rings is 1. The third-order valence-corrected chi connectivity index (χ3v) is 3.33. The zero-order chi connectivity index (χ0) is 15.7. The minimum atomic E-state index is -0.349. The summed E-state index contributed by atoms with van der Waals surface area (Å²) < 4.78 is 6.77. The maximum absolute atomic E-state index is 11.9. The second kappa shape index (κ2) is 5.48. The molecule has 0 amide bonds. The number of esters is 1. The maximum atomic E-state index is 11.9. The van der Waals surface area contributed by atoms with Gasteiger partial charge < -0.3 is 10.5 Å². The normalized spacial score (nSPS) is 10.8. The molecule has 2 heterocycles. The zero-order valence-corrected chi connectivity index (χ0v) is 12.4. The van der Waals surface area contributed by atoms with E-state index >= 15 is 0 Å². The van der Waals surface area contributed by atoms with Crippen LogP contribution in [-0.2, 0) is 4.74 Å². The van der Waals surface area contributed by atoms with Gasteiger partial charge in [0.2, 0.25) is 0 Å². The molecule has 3 aromatic rings. The molecule has 3 rings (SSSR count). The number of hydrogen-bond acceptors (Lipinski definition) is 5. The Labute approximate surface area is 127 Å². The molecule has 0 aliphatic heterocycles. The summed E-state index contributed by atoms with van der Waals surface area (Å²) >= 11 is 0. The molecule has 0 saturated heterocycles. The SMILES string of the molecule is CCOC(=O)c1cccc(-n2ncc3c(N)nc(C)cc32)c1. The molecular weight excluding hydrogens is 280 g/mol. The van der Waals surface area contributed by atoms with E-state index in [2.05, 4.69) is 10.1 Å². The van der Waals surface area contributed by atoms with Crippen molar-refractivity contribution in [2.45, 2.75) is 13.8 Å². The number of rotatable bonds is 3. The lowest BCUT2D eigenvalue weighted by atomic mass is 10.2. The Morgan fingerprint density at radius 2 is 2.18 bits per heavy atom. The molecule has 1 aromatic carbocycles. The molecule has 0 bridgehead atoms. The number of carbonyl (C=O) groups excluding carboxylic acids is 1. The molecule has 6 nitrogen and oxygen atoms in total. The van der Waals surface area contributed by atoms with Crippen molar-refractivity contribution in [2.24, 2.45) is 0 Å². The second-order valence-corrected chi connectivity index (χ2v) is 4.91. The molecule has 0 atom stereocenters. The monoisotopic (exact) mass is 296 g/mol. The van der Waals surface area contributed by atoms with Crippen molar-refractivity contribution in [3.05, 3.63) is 47.8 Å². The Morgan fingerprint density at radius 3 is 2.95 bits per heavy atom. The van der Waals surface area contributed by atoms with Crippen LogP contribution in [0.4, 0.5) is 5.82 Å². The van der Waals surface area contributed by atoms with E-state index in [4.69, 9.17) is 10.5 Å². The highest BCUT2D eigenvalue weighted by Crippen LogP contribution is 2.23. The topological polar surface area (TPSA) is 83.0 Å². The number of aryl methyl sites for hydroxylation is 1. The van der Waals surface area contributed by atoms with Gasteiger partial charge in [-0.15, -0.1) is 0 Å². The van der Waals surface area contributed by atoms with Crippen molar-refractivity contribution in [1.82, 2.24) is 14.8 Å². The molecule has 0 aliphatic rings. The number of ether oxygens (including phenoxy) is 1. The van der Waals surface area contributed by atoms with Gasteiger partial charge in [-0.05, 0) is 38.1 Å². The number of nitrogens with zero attached hydrogens (tertiary/aromatic N) is 3. The zero-order valence-electron chi connectivity index (χ0n) is 12.4. The fourth-order valence-electron chi connectivity index (χ4n) is 2.36. The van der Waals surface area contributed by atoms with E-state index in [0.717, 1.165) is 22.3 Å². The number of carbonyl (C=O) groups is 1. The molecule has 0 spiro atoms. The van der Waals surface area contributed by atoms with Crippen LogP contribution >= 0.6 is 0 Å². The van der Waals surface area contributed by atoms with E-state index in [1.807, 2.05) is 19.1 Å². The van der Waals surface area contributed by atoms with Crippen LogP contribution in [0.5, 0.6) is 0 Å². The van der Waals surface area contributed by atoms with E-state index in [1.165, 1.54) is 0 Å². The number of pyridine rings is 1. The average molecular weight is 296 g/mol. The summed E-state index contributed by atoms with van der Waals surface area (Å²) in [6.07, 6.45) is 1.67. The standard InChI is InChI=1S/C16H16N4O2/c1-3-22-16(21)11-5-4-6-12(8-11)20-14-7-10(2)19-15(17)13(14)9-18-20/h4-9H,3H2,1-2H3,(H2,17,19). The smallest absolute Gasteiger partial charge is 0.338 e. The van der Waals surface area contributed by atoms with Gasteiger partial charge in [-0.25, -0.2) is 14.5 Å². The number of nitrogens with two attached hydrogens (primary N) is 1.